The van der Waals surface area contributed by atoms with Gasteiger partial charge in [0.25, 0.3) is 5.91 Å². The van der Waals surface area contributed by atoms with Gasteiger partial charge in [-0.05, 0) is 35.9 Å². The number of benzene rings is 3. The number of carbonyl (C=O) groups is 2. The van der Waals surface area contributed by atoms with Crippen LogP contribution < -0.4 is 14.8 Å². The highest BCUT2D eigenvalue weighted by Crippen LogP contribution is 2.38. The molecule has 4 rings (SSSR count). The fourth-order valence-corrected chi connectivity index (χ4v) is 3.79. The summed E-state index contributed by atoms with van der Waals surface area (Å²) in [4.78, 5) is 27.8. The Morgan fingerprint density at radius 2 is 1.81 bits per heavy atom. The normalized spacial score (nSPS) is 15.5. The van der Waals surface area contributed by atoms with E-state index in [2.05, 4.69) is 5.32 Å². The Kier molecular flexibility index (Phi) is 5.58. The van der Waals surface area contributed by atoms with Crippen molar-refractivity contribution in [1.82, 2.24) is 4.90 Å². The van der Waals surface area contributed by atoms with Gasteiger partial charge in [0.1, 0.15) is 23.9 Å². The van der Waals surface area contributed by atoms with Crippen LogP contribution in [0.15, 0.2) is 66.7 Å². The number of nitrogens with one attached hydrogen (secondary N) is 1. The Bertz CT molecular complexity index is 1130. The molecule has 7 heteroatoms. The minimum Gasteiger partial charge on any atom is -0.497 e. The van der Waals surface area contributed by atoms with Gasteiger partial charge >= 0.3 is 0 Å². The highest BCUT2D eigenvalue weighted by molar-refractivity contribution is 6.03. The predicted molar refractivity (Wildman–Crippen MR) is 114 cm³/mol. The maximum atomic E-state index is 14.2. The molecule has 158 valence electrons. The first-order chi connectivity index (χ1) is 15.0. The number of ether oxygens (including phenoxy) is 2. The lowest BCUT2D eigenvalue weighted by Crippen LogP contribution is -2.39. The number of amides is 2. The first kappa shape index (κ1) is 20.4. The molecule has 0 bridgehead atoms. The van der Waals surface area contributed by atoms with Crippen LogP contribution >= 0.6 is 0 Å². The van der Waals surface area contributed by atoms with Crippen LogP contribution in [0.3, 0.4) is 0 Å². The molecule has 0 radical (unpaired) electrons. The summed E-state index contributed by atoms with van der Waals surface area (Å²) >= 11 is 0. The highest BCUT2D eigenvalue weighted by Gasteiger charge is 2.35. The summed E-state index contributed by atoms with van der Waals surface area (Å²) in [7, 11) is 2.98. The fourth-order valence-electron chi connectivity index (χ4n) is 3.79. The molecule has 6 nitrogen and oxygen atoms in total. The second-order valence-electron chi connectivity index (χ2n) is 7.09. The van der Waals surface area contributed by atoms with E-state index in [0.717, 1.165) is 5.56 Å². The van der Waals surface area contributed by atoms with Crippen molar-refractivity contribution in [3.8, 4) is 11.5 Å². The molecule has 0 aromatic heterocycles. The number of halogens is 1. The second-order valence-corrected chi connectivity index (χ2v) is 7.09. The monoisotopic (exact) mass is 420 g/mol. The van der Waals surface area contributed by atoms with Gasteiger partial charge in [-0.25, -0.2) is 4.39 Å². The van der Waals surface area contributed by atoms with Gasteiger partial charge in [-0.2, -0.15) is 0 Å². The quantitative estimate of drug-likeness (QED) is 0.692. The predicted octanol–water partition coefficient (Wildman–Crippen LogP) is 4.03. The van der Waals surface area contributed by atoms with Gasteiger partial charge in [0.2, 0.25) is 5.91 Å². The van der Waals surface area contributed by atoms with Crippen molar-refractivity contribution >= 4 is 17.5 Å². The fraction of sp³-hybridized carbons (Fsp3) is 0.167. The standard InChI is InChI=1S/C24H21FN2O4/c1-30-17-9-10-18(21(13-17)31-2)24(29)27-14-22(28)26-20-11-8-16(25)12-19(20)23(27)15-6-4-3-5-7-15/h3-13,23H,14H2,1-2H3,(H,26,28)/t23-/m1/s1. The molecule has 0 saturated carbocycles. The summed E-state index contributed by atoms with van der Waals surface area (Å²) in [5.41, 5.74) is 2.00. The van der Waals surface area contributed by atoms with Crippen LogP contribution in [0.5, 0.6) is 11.5 Å². The molecular weight excluding hydrogens is 399 g/mol. The minimum absolute atomic E-state index is 0.204. The van der Waals surface area contributed by atoms with E-state index in [4.69, 9.17) is 9.47 Å². The number of hydrogen-bond acceptors (Lipinski definition) is 4. The van der Waals surface area contributed by atoms with Crippen LogP contribution in [-0.2, 0) is 4.79 Å². The summed E-state index contributed by atoms with van der Waals surface area (Å²) < 4.78 is 24.8. The van der Waals surface area contributed by atoms with E-state index >= 15 is 0 Å². The SMILES string of the molecule is COc1ccc(C(=O)N2CC(=O)Nc3ccc(F)cc3[C@H]2c2ccccc2)c(OC)c1. The topological polar surface area (TPSA) is 67.9 Å². The molecule has 1 N–H and O–H groups in total. The van der Waals surface area contributed by atoms with Gasteiger partial charge in [0.15, 0.2) is 0 Å². The Hall–Kier alpha value is -3.87. The highest BCUT2D eigenvalue weighted by atomic mass is 19.1. The van der Waals surface area contributed by atoms with Crippen LogP contribution in [0.1, 0.15) is 27.5 Å². The van der Waals surface area contributed by atoms with Crippen molar-refractivity contribution in [1.29, 1.82) is 0 Å². The van der Waals surface area contributed by atoms with Crippen molar-refractivity contribution in [3.63, 3.8) is 0 Å². The maximum absolute atomic E-state index is 14.2. The third-order valence-corrected chi connectivity index (χ3v) is 5.22. The van der Waals surface area contributed by atoms with E-state index in [1.807, 2.05) is 30.3 Å². The van der Waals surface area contributed by atoms with Crippen molar-refractivity contribution in [2.24, 2.45) is 0 Å². The summed E-state index contributed by atoms with van der Waals surface area (Å²) in [5.74, 6) is -0.382. The van der Waals surface area contributed by atoms with Gasteiger partial charge in [-0.3, -0.25) is 9.59 Å². The molecule has 31 heavy (non-hydrogen) atoms. The number of rotatable bonds is 4. The maximum Gasteiger partial charge on any atom is 0.258 e. The van der Waals surface area contributed by atoms with Crippen molar-refractivity contribution in [3.05, 3.63) is 89.2 Å². The number of fused-ring (bicyclic) bond motifs is 1. The largest absolute Gasteiger partial charge is 0.497 e. The van der Waals surface area contributed by atoms with Crippen LogP contribution in [0.25, 0.3) is 0 Å². The van der Waals surface area contributed by atoms with E-state index in [0.29, 0.717) is 22.7 Å². The minimum atomic E-state index is -0.676. The Morgan fingerprint density at radius 3 is 2.52 bits per heavy atom. The van der Waals surface area contributed by atoms with E-state index in [1.54, 1.807) is 18.2 Å². The number of carbonyl (C=O) groups excluding carboxylic acids is 2. The van der Waals surface area contributed by atoms with Crippen LogP contribution in [0.4, 0.5) is 10.1 Å². The summed E-state index contributed by atoms with van der Waals surface area (Å²) in [6, 6.07) is 17.6. The van der Waals surface area contributed by atoms with E-state index in [9.17, 15) is 14.0 Å². The number of nitrogens with zero attached hydrogens (tertiary/aromatic N) is 1. The number of hydrogen-bond donors (Lipinski definition) is 1. The average molecular weight is 420 g/mol. The molecule has 2 amide bonds. The summed E-state index contributed by atoms with van der Waals surface area (Å²) in [6.07, 6.45) is 0. The molecule has 1 aliphatic rings. The average Bonchev–Trinajstić information content (AvgIpc) is 2.94. The molecule has 3 aromatic carbocycles. The smallest absolute Gasteiger partial charge is 0.258 e. The van der Waals surface area contributed by atoms with Crippen molar-refractivity contribution in [2.75, 3.05) is 26.1 Å². The van der Waals surface area contributed by atoms with E-state index < -0.39 is 17.8 Å². The Labute approximate surface area is 179 Å². The van der Waals surface area contributed by atoms with Crippen LogP contribution in [0, 0.1) is 5.82 Å². The van der Waals surface area contributed by atoms with Crippen molar-refractivity contribution in [2.45, 2.75) is 6.04 Å². The molecule has 0 spiro atoms. The second kappa shape index (κ2) is 8.47. The molecule has 1 atom stereocenters. The van der Waals surface area contributed by atoms with Gasteiger partial charge in [-0.15, -0.1) is 0 Å². The first-order valence-corrected chi connectivity index (χ1v) is 9.69. The number of anilines is 1. The molecule has 1 heterocycles. The zero-order chi connectivity index (χ0) is 22.0. The first-order valence-electron chi connectivity index (χ1n) is 9.69. The molecule has 0 unspecified atom stereocenters. The molecule has 0 aliphatic carbocycles. The van der Waals surface area contributed by atoms with Crippen LogP contribution in [-0.4, -0.2) is 37.5 Å². The lowest BCUT2D eigenvalue weighted by molar-refractivity contribution is -0.117. The van der Waals surface area contributed by atoms with Gasteiger partial charge in [0.05, 0.1) is 25.8 Å². The summed E-state index contributed by atoms with van der Waals surface area (Å²) in [5, 5.41) is 2.78. The number of methoxy groups -OCH3 is 2. The van der Waals surface area contributed by atoms with E-state index in [-0.39, 0.29) is 18.0 Å². The zero-order valence-electron chi connectivity index (χ0n) is 17.1. The molecule has 1 aliphatic heterocycles. The van der Waals surface area contributed by atoms with Gasteiger partial charge in [-0.1, -0.05) is 30.3 Å². The van der Waals surface area contributed by atoms with Gasteiger partial charge < -0.3 is 19.7 Å². The van der Waals surface area contributed by atoms with Crippen molar-refractivity contribution < 1.29 is 23.5 Å². The molecule has 0 fully saturated rings. The lowest BCUT2D eigenvalue weighted by atomic mass is 9.95. The zero-order valence-corrected chi connectivity index (χ0v) is 17.1. The molecule has 0 saturated heterocycles. The van der Waals surface area contributed by atoms with E-state index in [1.165, 1.54) is 37.3 Å². The lowest BCUT2D eigenvalue weighted by Gasteiger charge is -2.31. The Morgan fingerprint density at radius 1 is 1.03 bits per heavy atom. The molecule has 3 aromatic rings. The molecular formula is C24H21FN2O4. The third kappa shape index (κ3) is 3.94. The van der Waals surface area contributed by atoms with Gasteiger partial charge in [0, 0.05) is 17.3 Å². The third-order valence-electron chi connectivity index (χ3n) is 5.22. The van der Waals surface area contributed by atoms with Crippen LogP contribution in [0.2, 0.25) is 0 Å². The Balaban J connectivity index is 1.88. The summed E-state index contributed by atoms with van der Waals surface area (Å²) in [6.45, 7) is -0.204.